The Balaban J connectivity index is 1.79. The number of benzene rings is 1. The molecule has 13 heteroatoms. The summed E-state index contributed by atoms with van der Waals surface area (Å²) in [5.74, 6) is -1.66. The Hall–Kier alpha value is -4.26. The molecule has 0 aliphatic carbocycles. The van der Waals surface area contributed by atoms with Crippen molar-refractivity contribution in [2.75, 3.05) is 44.6 Å². The lowest BCUT2D eigenvalue weighted by atomic mass is 10.1. The maximum Gasteiger partial charge on any atom is 0.409 e. The Morgan fingerprint density at radius 1 is 1.05 bits per heavy atom. The number of carboxylic acids is 1. The first-order chi connectivity index (χ1) is 18.7. The van der Waals surface area contributed by atoms with Crippen LogP contribution in [0, 0.1) is 0 Å². The molecule has 3 amide bonds. The van der Waals surface area contributed by atoms with Gasteiger partial charge in [-0.05, 0) is 20.3 Å². The van der Waals surface area contributed by atoms with E-state index in [1.165, 1.54) is 15.9 Å². The molecular formula is C26H34N6O7. The molecule has 13 nitrogen and oxygen atoms in total. The van der Waals surface area contributed by atoms with Crippen LogP contribution < -0.4 is 10.6 Å². The molecule has 1 aromatic carbocycles. The largest absolute Gasteiger partial charge is 0.481 e. The molecule has 1 aliphatic heterocycles. The minimum atomic E-state index is -1.12. The first-order valence-corrected chi connectivity index (χ1v) is 12.8. The highest BCUT2D eigenvalue weighted by Crippen LogP contribution is 2.18. The third-order valence-electron chi connectivity index (χ3n) is 5.94. The maximum absolute atomic E-state index is 13.3. The summed E-state index contributed by atoms with van der Waals surface area (Å²) in [6.07, 6.45) is -1.58. The minimum absolute atomic E-state index is 0.0304. The van der Waals surface area contributed by atoms with Crippen molar-refractivity contribution in [1.82, 2.24) is 25.1 Å². The summed E-state index contributed by atoms with van der Waals surface area (Å²) in [6.45, 7) is 4.69. The van der Waals surface area contributed by atoms with Gasteiger partial charge in [0.2, 0.25) is 5.91 Å². The zero-order chi connectivity index (χ0) is 28.4. The Labute approximate surface area is 226 Å². The van der Waals surface area contributed by atoms with E-state index in [0.717, 1.165) is 0 Å². The quantitative estimate of drug-likeness (QED) is 0.323. The number of aromatic nitrogens is 2. The topological polar surface area (TPSA) is 174 Å². The fourth-order valence-electron chi connectivity index (χ4n) is 3.92. The van der Waals surface area contributed by atoms with Gasteiger partial charge in [-0.1, -0.05) is 30.3 Å². The van der Waals surface area contributed by atoms with Crippen molar-refractivity contribution in [2.24, 2.45) is 0 Å². The summed E-state index contributed by atoms with van der Waals surface area (Å²) >= 11 is 0. The Morgan fingerprint density at radius 2 is 1.72 bits per heavy atom. The monoisotopic (exact) mass is 542 g/mol. The molecule has 1 aromatic heterocycles. The SMILES string of the molecule is CCOC(=O)N1CCN(C(=O)C(CCC(=O)O)NC(=O)c2cc(NCC(C)O)nc(-c3ccccc3)n2)CC1. The molecule has 0 radical (unpaired) electrons. The summed E-state index contributed by atoms with van der Waals surface area (Å²) in [5, 5.41) is 24.5. The smallest absolute Gasteiger partial charge is 0.409 e. The number of hydrogen-bond acceptors (Lipinski definition) is 9. The Morgan fingerprint density at radius 3 is 2.33 bits per heavy atom. The van der Waals surface area contributed by atoms with E-state index in [0.29, 0.717) is 11.4 Å². The van der Waals surface area contributed by atoms with Crippen LogP contribution in [-0.2, 0) is 14.3 Å². The average Bonchev–Trinajstić information content (AvgIpc) is 2.94. The van der Waals surface area contributed by atoms with Gasteiger partial charge in [0, 0.05) is 50.8 Å². The highest BCUT2D eigenvalue weighted by atomic mass is 16.6. The van der Waals surface area contributed by atoms with Crippen LogP contribution in [0.3, 0.4) is 0 Å². The summed E-state index contributed by atoms with van der Waals surface area (Å²) in [4.78, 5) is 61.7. The number of carbonyl (C=O) groups is 4. The zero-order valence-electron chi connectivity index (χ0n) is 22.0. The van der Waals surface area contributed by atoms with Crippen LogP contribution in [-0.4, -0.2) is 105 Å². The van der Waals surface area contributed by atoms with Crippen molar-refractivity contribution in [3.63, 3.8) is 0 Å². The third-order valence-corrected chi connectivity index (χ3v) is 5.94. The van der Waals surface area contributed by atoms with Crippen molar-refractivity contribution in [1.29, 1.82) is 0 Å². The van der Waals surface area contributed by atoms with Crippen molar-refractivity contribution in [3.8, 4) is 11.4 Å². The second kappa shape index (κ2) is 14.0. The van der Waals surface area contributed by atoms with Gasteiger partial charge in [0.05, 0.1) is 12.7 Å². The van der Waals surface area contributed by atoms with E-state index in [1.807, 2.05) is 6.07 Å². The van der Waals surface area contributed by atoms with Crippen molar-refractivity contribution >= 4 is 29.7 Å². The fourth-order valence-corrected chi connectivity index (χ4v) is 3.92. The average molecular weight is 543 g/mol. The number of hydrogen-bond donors (Lipinski definition) is 4. The highest BCUT2D eigenvalue weighted by molar-refractivity contribution is 5.97. The lowest BCUT2D eigenvalue weighted by molar-refractivity contribution is -0.138. The standard InChI is InChI=1S/C26H34N6O7/c1-3-39-26(38)32-13-11-31(12-14-32)25(37)19(9-10-22(34)35)29-24(36)20-15-21(27-16-17(2)33)30-23(28-20)18-7-5-4-6-8-18/h4-8,15,17,19,33H,3,9-14,16H2,1-2H3,(H,29,36)(H,34,35)(H,27,28,30). The number of nitrogens with zero attached hydrogens (tertiary/aromatic N) is 4. The molecule has 2 heterocycles. The number of nitrogens with one attached hydrogen (secondary N) is 2. The van der Waals surface area contributed by atoms with Gasteiger partial charge in [-0.3, -0.25) is 14.4 Å². The predicted octanol–water partition coefficient (Wildman–Crippen LogP) is 1.20. The van der Waals surface area contributed by atoms with Crippen molar-refractivity contribution in [3.05, 3.63) is 42.1 Å². The highest BCUT2D eigenvalue weighted by Gasteiger charge is 2.31. The van der Waals surface area contributed by atoms with Gasteiger partial charge in [-0.15, -0.1) is 0 Å². The number of aliphatic hydroxyl groups excluding tert-OH is 1. The summed E-state index contributed by atoms with van der Waals surface area (Å²) in [5.41, 5.74) is 0.627. The Bertz CT molecular complexity index is 1150. The molecule has 0 bridgehead atoms. The van der Waals surface area contributed by atoms with Crippen LogP contribution in [0.25, 0.3) is 11.4 Å². The van der Waals surface area contributed by atoms with E-state index >= 15 is 0 Å². The van der Waals surface area contributed by atoms with E-state index in [4.69, 9.17) is 4.74 Å². The molecule has 2 unspecified atom stereocenters. The Kier molecular flexibility index (Phi) is 10.6. The van der Waals surface area contributed by atoms with Gasteiger partial charge in [0.15, 0.2) is 5.82 Å². The molecule has 1 saturated heterocycles. The summed E-state index contributed by atoms with van der Waals surface area (Å²) in [6, 6.07) is 9.29. The van der Waals surface area contributed by atoms with Crippen LogP contribution in [0.2, 0.25) is 0 Å². The van der Waals surface area contributed by atoms with Gasteiger partial charge < -0.3 is 35.4 Å². The lowest BCUT2D eigenvalue weighted by Gasteiger charge is -2.35. The summed E-state index contributed by atoms with van der Waals surface area (Å²) < 4.78 is 5.00. The number of aliphatic hydroxyl groups is 1. The lowest BCUT2D eigenvalue weighted by Crippen LogP contribution is -2.56. The maximum atomic E-state index is 13.3. The van der Waals surface area contributed by atoms with E-state index in [2.05, 4.69) is 20.6 Å². The van der Waals surface area contributed by atoms with Crippen molar-refractivity contribution < 1.29 is 34.1 Å². The predicted molar refractivity (Wildman–Crippen MR) is 141 cm³/mol. The number of carboxylic acid groups (broad SMARTS) is 1. The number of anilines is 1. The first-order valence-electron chi connectivity index (χ1n) is 12.8. The molecule has 0 saturated carbocycles. The van der Waals surface area contributed by atoms with E-state index < -0.39 is 36.0 Å². The van der Waals surface area contributed by atoms with Crippen LogP contribution in [0.5, 0.6) is 0 Å². The summed E-state index contributed by atoms with van der Waals surface area (Å²) in [7, 11) is 0. The molecule has 39 heavy (non-hydrogen) atoms. The molecule has 0 spiro atoms. The molecule has 1 aliphatic rings. The van der Waals surface area contributed by atoms with Crippen molar-refractivity contribution in [2.45, 2.75) is 38.8 Å². The second-order valence-electron chi connectivity index (χ2n) is 9.03. The van der Waals surface area contributed by atoms with E-state index in [-0.39, 0.29) is 63.7 Å². The molecular weight excluding hydrogens is 508 g/mol. The molecule has 1 fully saturated rings. The molecule has 210 valence electrons. The number of aliphatic carboxylic acids is 1. The number of amides is 3. The van der Waals surface area contributed by atoms with Gasteiger partial charge in [-0.25, -0.2) is 14.8 Å². The van der Waals surface area contributed by atoms with Crippen LogP contribution in [0.15, 0.2) is 36.4 Å². The minimum Gasteiger partial charge on any atom is -0.481 e. The zero-order valence-corrected chi connectivity index (χ0v) is 22.0. The van der Waals surface area contributed by atoms with Crippen LogP contribution in [0.1, 0.15) is 37.2 Å². The number of piperazine rings is 1. The van der Waals surface area contributed by atoms with Gasteiger partial charge >= 0.3 is 12.1 Å². The fraction of sp³-hybridized carbons (Fsp3) is 0.462. The molecule has 2 aromatic rings. The van der Waals surface area contributed by atoms with Gasteiger partial charge in [0.25, 0.3) is 5.91 Å². The third kappa shape index (κ3) is 8.64. The number of ether oxygens (including phenoxy) is 1. The number of carbonyl (C=O) groups excluding carboxylic acids is 3. The van der Waals surface area contributed by atoms with E-state index in [9.17, 15) is 29.4 Å². The van der Waals surface area contributed by atoms with Crippen LogP contribution in [0.4, 0.5) is 10.6 Å². The van der Waals surface area contributed by atoms with Gasteiger partial charge in [-0.2, -0.15) is 0 Å². The first kappa shape index (κ1) is 29.3. The molecule has 2 atom stereocenters. The normalized spacial score (nSPS) is 14.7. The second-order valence-corrected chi connectivity index (χ2v) is 9.03. The van der Waals surface area contributed by atoms with Crippen LogP contribution >= 0.6 is 0 Å². The van der Waals surface area contributed by atoms with Gasteiger partial charge in [0.1, 0.15) is 17.6 Å². The number of rotatable bonds is 11. The molecule has 3 rings (SSSR count). The van der Waals surface area contributed by atoms with E-state index in [1.54, 1.807) is 38.1 Å². The molecule has 4 N–H and O–H groups in total.